The van der Waals surface area contributed by atoms with Crippen molar-refractivity contribution < 1.29 is 9.84 Å². The number of anilines is 1. The monoisotopic (exact) mass is 193 g/mol. The molecule has 1 fully saturated rings. The number of benzene rings is 1. The molecule has 0 aliphatic carbocycles. The van der Waals surface area contributed by atoms with E-state index in [0.29, 0.717) is 5.75 Å². The third-order valence-electron chi connectivity index (χ3n) is 2.57. The summed E-state index contributed by atoms with van der Waals surface area (Å²) in [5.74, 6) is 0.398. The number of aryl methyl sites for hydroxylation is 1. The zero-order valence-electron chi connectivity index (χ0n) is 8.36. The Morgan fingerprint density at radius 3 is 2.71 bits per heavy atom. The second-order valence-electron chi connectivity index (χ2n) is 3.54. The van der Waals surface area contributed by atoms with Crippen LogP contribution >= 0.6 is 0 Å². The molecule has 0 atom stereocenters. The van der Waals surface area contributed by atoms with E-state index in [-0.39, 0.29) is 0 Å². The van der Waals surface area contributed by atoms with E-state index in [4.69, 9.17) is 4.74 Å². The molecule has 3 heteroatoms. The molecule has 0 amide bonds. The third-order valence-corrected chi connectivity index (χ3v) is 2.57. The molecule has 1 heterocycles. The lowest BCUT2D eigenvalue weighted by atomic mass is 10.1. The van der Waals surface area contributed by atoms with Gasteiger partial charge in [-0.05, 0) is 18.6 Å². The summed E-state index contributed by atoms with van der Waals surface area (Å²) in [5.41, 5.74) is 1.85. The first-order valence-corrected chi connectivity index (χ1v) is 4.90. The van der Waals surface area contributed by atoms with Crippen LogP contribution in [0.5, 0.6) is 5.75 Å². The maximum atomic E-state index is 9.87. The second-order valence-corrected chi connectivity index (χ2v) is 3.54. The minimum Gasteiger partial charge on any atom is -0.505 e. The number of morpholine rings is 1. The van der Waals surface area contributed by atoms with Gasteiger partial charge in [-0.2, -0.15) is 0 Å². The molecule has 76 valence electrons. The summed E-state index contributed by atoms with van der Waals surface area (Å²) < 4.78 is 5.27. The Bertz CT molecular complexity index is 319. The predicted molar refractivity (Wildman–Crippen MR) is 55.9 cm³/mol. The van der Waals surface area contributed by atoms with Gasteiger partial charge in [-0.1, -0.05) is 12.1 Å². The van der Waals surface area contributed by atoms with Crippen LogP contribution in [0.25, 0.3) is 0 Å². The molecular formula is C11H15NO2. The Kier molecular flexibility index (Phi) is 2.59. The maximum Gasteiger partial charge on any atom is 0.141 e. The maximum absolute atomic E-state index is 9.87. The number of phenolic OH excluding ortho intramolecular Hbond substituents is 1. The molecule has 0 radical (unpaired) electrons. The highest BCUT2D eigenvalue weighted by molar-refractivity contribution is 5.61. The number of hydrogen-bond donors (Lipinski definition) is 1. The smallest absolute Gasteiger partial charge is 0.141 e. The highest BCUT2D eigenvalue weighted by atomic mass is 16.5. The summed E-state index contributed by atoms with van der Waals surface area (Å²) in [6.45, 7) is 5.12. The van der Waals surface area contributed by atoms with Crippen LogP contribution in [-0.4, -0.2) is 31.4 Å². The molecule has 0 saturated carbocycles. The van der Waals surface area contributed by atoms with Gasteiger partial charge in [0.25, 0.3) is 0 Å². The average Bonchev–Trinajstić information content (AvgIpc) is 2.23. The standard InChI is InChI=1S/C11H15NO2/c1-9-3-2-4-10(11(9)13)12-5-7-14-8-6-12/h2-4,13H,5-8H2,1H3. The normalized spacial score (nSPS) is 17.1. The van der Waals surface area contributed by atoms with Crippen molar-refractivity contribution in [3.63, 3.8) is 0 Å². The minimum atomic E-state index is 0.398. The van der Waals surface area contributed by atoms with Crippen LogP contribution in [-0.2, 0) is 4.74 Å². The highest BCUT2D eigenvalue weighted by Gasteiger charge is 2.14. The van der Waals surface area contributed by atoms with Crippen LogP contribution in [0.15, 0.2) is 18.2 Å². The first kappa shape index (κ1) is 9.34. The fourth-order valence-corrected chi connectivity index (χ4v) is 1.70. The lowest BCUT2D eigenvalue weighted by Crippen LogP contribution is -2.36. The minimum absolute atomic E-state index is 0.398. The van der Waals surface area contributed by atoms with E-state index in [1.165, 1.54) is 0 Å². The van der Waals surface area contributed by atoms with Gasteiger partial charge in [-0.3, -0.25) is 0 Å². The van der Waals surface area contributed by atoms with Crippen LogP contribution in [0.4, 0.5) is 5.69 Å². The topological polar surface area (TPSA) is 32.7 Å². The van der Waals surface area contributed by atoms with Gasteiger partial charge in [0.1, 0.15) is 5.75 Å². The second kappa shape index (κ2) is 3.88. The van der Waals surface area contributed by atoms with Crippen LogP contribution in [0.1, 0.15) is 5.56 Å². The van der Waals surface area contributed by atoms with Crippen LogP contribution in [0, 0.1) is 6.92 Å². The van der Waals surface area contributed by atoms with Crippen LogP contribution in [0.3, 0.4) is 0 Å². The van der Waals surface area contributed by atoms with Crippen molar-refractivity contribution in [3.05, 3.63) is 23.8 Å². The fraction of sp³-hybridized carbons (Fsp3) is 0.455. The largest absolute Gasteiger partial charge is 0.505 e. The van der Waals surface area contributed by atoms with Gasteiger partial charge in [0, 0.05) is 13.1 Å². The average molecular weight is 193 g/mol. The number of hydrogen-bond acceptors (Lipinski definition) is 3. The van der Waals surface area contributed by atoms with Gasteiger partial charge in [0.2, 0.25) is 0 Å². The van der Waals surface area contributed by atoms with E-state index in [0.717, 1.165) is 37.6 Å². The first-order valence-electron chi connectivity index (χ1n) is 4.90. The lowest BCUT2D eigenvalue weighted by Gasteiger charge is -2.29. The van der Waals surface area contributed by atoms with Gasteiger partial charge in [-0.15, -0.1) is 0 Å². The Hall–Kier alpha value is -1.22. The Morgan fingerprint density at radius 2 is 2.00 bits per heavy atom. The van der Waals surface area contributed by atoms with E-state index < -0.39 is 0 Å². The van der Waals surface area contributed by atoms with Gasteiger partial charge in [0.15, 0.2) is 0 Å². The quantitative estimate of drug-likeness (QED) is 0.734. The van der Waals surface area contributed by atoms with Gasteiger partial charge >= 0.3 is 0 Å². The number of phenols is 1. The molecular weight excluding hydrogens is 178 g/mol. The van der Waals surface area contributed by atoms with E-state index in [2.05, 4.69) is 4.90 Å². The van der Waals surface area contributed by atoms with Crippen molar-refractivity contribution in [3.8, 4) is 5.75 Å². The molecule has 0 aromatic heterocycles. The molecule has 3 nitrogen and oxygen atoms in total. The molecule has 0 unspecified atom stereocenters. The van der Waals surface area contributed by atoms with Crippen molar-refractivity contribution in [1.82, 2.24) is 0 Å². The van der Waals surface area contributed by atoms with Crippen molar-refractivity contribution in [1.29, 1.82) is 0 Å². The van der Waals surface area contributed by atoms with Crippen molar-refractivity contribution in [2.75, 3.05) is 31.2 Å². The van der Waals surface area contributed by atoms with Crippen molar-refractivity contribution in [2.24, 2.45) is 0 Å². The fourth-order valence-electron chi connectivity index (χ4n) is 1.70. The number of nitrogens with zero attached hydrogens (tertiary/aromatic N) is 1. The lowest BCUT2D eigenvalue weighted by molar-refractivity contribution is 0.122. The molecule has 0 spiro atoms. The Morgan fingerprint density at radius 1 is 1.29 bits per heavy atom. The number of rotatable bonds is 1. The Balaban J connectivity index is 2.26. The van der Waals surface area contributed by atoms with E-state index in [1.54, 1.807) is 0 Å². The molecule has 1 saturated heterocycles. The van der Waals surface area contributed by atoms with Gasteiger partial charge < -0.3 is 14.7 Å². The molecule has 0 bridgehead atoms. The summed E-state index contributed by atoms with van der Waals surface area (Å²) in [5, 5.41) is 9.87. The summed E-state index contributed by atoms with van der Waals surface area (Å²) in [6.07, 6.45) is 0. The van der Waals surface area contributed by atoms with Crippen molar-refractivity contribution >= 4 is 5.69 Å². The number of aromatic hydroxyl groups is 1. The molecule has 1 aromatic rings. The third kappa shape index (κ3) is 1.68. The molecule has 1 aliphatic heterocycles. The molecule has 1 aromatic carbocycles. The number of para-hydroxylation sites is 1. The summed E-state index contributed by atoms with van der Waals surface area (Å²) in [6, 6.07) is 5.84. The first-order chi connectivity index (χ1) is 6.79. The van der Waals surface area contributed by atoms with E-state index in [1.807, 2.05) is 25.1 Å². The van der Waals surface area contributed by atoms with Gasteiger partial charge in [-0.25, -0.2) is 0 Å². The SMILES string of the molecule is Cc1cccc(N2CCOCC2)c1O. The van der Waals surface area contributed by atoms with Crippen molar-refractivity contribution in [2.45, 2.75) is 6.92 Å². The zero-order chi connectivity index (χ0) is 9.97. The van der Waals surface area contributed by atoms with Gasteiger partial charge in [0.05, 0.1) is 18.9 Å². The summed E-state index contributed by atoms with van der Waals surface area (Å²) >= 11 is 0. The predicted octanol–water partition coefficient (Wildman–Crippen LogP) is 1.54. The molecule has 2 rings (SSSR count). The molecule has 1 aliphatic rings. The number of ether oxygens (including phenoxy) is 1. The zero-order valence-corrected chi connectivity index (χ0v) is 8.36. The molecule has 14 heavy (non-hydrogen) atoms. The highest BCUT2D eigenvalue weighted by Crippen LogP contribution is 2.30. The summed E-state index contributed by atoms with van der Waals surface area (Å²) in [7, 11) is 0. The van der Waals surface area contributed by atoms with Crippen LogP contribution < -0.4 is 4.90 Å². The van der Waals surface area contributed by atoms with E-state index >= 15 is 0 Å². The van der Waals surface area contributed by atoms with Crippen LogP contribution in [0.2, 0.25) is 0 Å². The van der Waals surface area contributed by atoms with E-state index in [9.17, 15) is 5.11 Å². The summed E-state index contributed by atoms with van der Waals surface area (Å²) in [4.78, 5) is 2.16. The molecule has 1 N–H and O–H groups in total. The Labute approximate surface area is 83.9 Å².